The zero-order chi connectivity index (χ0) is 20.3. The summed E-state index contributed by atoms with van der Waals surface area (Å²) in [6.07, 6.45) is 3.41. The molecule has 3 rings (SSSR count). The highest BCUT2D eigenvalue weighted by Gasteiger charge is 2.37. The lowest BCUT2D eigenvalue weighted by Gasteiger charge is -2.36. The minimum absolute atomic E-state index is 0.00610. The number of carbonyl (C=O) groups is 2. The van der Waals surface area contributed by atoms with Crippen LogP contribution in [0, 0.1) is 11.8 Å². The van der Waals surface area contributed by atoms with Gasteiger partial charge in [0.15, 0.2) is 0 Å². The quantitative estimate of drug-likeness (QED) is 0.777. The molecule has 0 N–H and O–H groups in total. The fraction of sp³-hybridized carbons (Fsp3) is 0.636. The van der Waals surface area contributed by atoms with E-state index in [1.54, 1.807) is 14.2 Å². The first-order valence-corrected chi connectivity index (χ1v) is 10.3. The maximum Gasteiger partial charge on any atom is 0.226 e. The summed E-state index contributed by atoms with van der Waals surface area (Å²) in [4.78, 5) is 29.4. The molecule has 0 bridgehead atoms. The van der Waals surface area contributed by atoms with Crippen molar-refractivity contribution in [2.24, 2.45) is 11.8 Å². The molecule has 2 aliphatic rings. The highest BCUT2D eigenvalue weighted by Crippen LogP contribution is 2.40. The molecule has 0 radical (unpaired) electrons. The SMILES string of the molecule is COc1ccc(OC)c(C2CCCN2C(=O)C2CCN(C(=O)C(C)C)CC2)c1. The average molecular weight is 389 g/mol. The monoisotopic (exact) mass is 388 g/mol. The molecule has 2 fully saturated rings. The first-order chi connectivity index (χ1) is 13.5. The largest absolute Gasteiger partial charge is 0.497 e. The molecule has 28 heavy (non-hydrogen) atoms. The highest BCUT2D eigenvalue weighted by molar-refractivity contribution is 5.81. The van der Waals surface area contributed by atoms with Crippen molar-refractivity contribution in [3.05, 3.63) is 23.8 Å². The minimum atomic E-state index is -0.00610. The van der Waals surface area contributed by atoms with Crippen LogP contribution in [-0.4, -0.2) is 55.5 Å². The van der Waals surface area contributed by atoms with Crippen molar-refractivity contribution in [3.8, 4) is 11.5 Å². The van der Waals surface area contributed by atoms with E-state index in [2.05, 4.69) is 0 Å². The van der Waals surface area contributed by atoms with Crippen molar-refractivity contribution in [1.29, 1.82) is 0 Å². The van der Waals surface area contributed by atoms with E-state index in [0.717, 1.165) is 49.3 Å². The minimum Gasteiger partial charge on any atom is -0.497 e. The highest BCUT2D eigenvalue weighted by atomic mass is 16.5. The van der Waals surface area contributed by atoms with E-state index in [1.165, 1.54) is 0 Å². The Kier molecular flexibility index (Phi) is 6.47. The second-order valence-electron chi connectivity index (χ2n) is 8.05. The summed E-state index contributed by atoms with van der Waals surface area (Å²) in [7, 11) is 3.31. The van der Waals surface area contributed by atoms with Crippen LogP contribution < -0.4 is 9.47 Å². The number of hydrogen-bond acceptors (Lipinski definition) is 4. The summed E-state index contributed by atoms with van der Waals surface area (Å²) in [5.41, 5.74) is 1.01. The van der Waals surface area contributed by atoms with E-state index >= 15 is 0 Å². The zero-order valence-corrected chi connectivity index (χ0v) is 17.4. The lowest BCUT2D eigenvalue weighted by atomic mass is 9.93. The number of rotatable bonds is 5. The van der Waals surface area contributed by atoms with Crippen molar-refractivity contribution in [1.82, 2.24) is 9.80 Å². The van der Waals surface area contributed by atoms with E-state index in [4.69, 9.17) is 9.47 Å². The third-order valence-electron chi connectivity index (χ3n) is 5.98. The Bertz CT molecular complexity index is 710. The van der Waals surface area contributed by atoms with Gasteiger partial charge in [-0.2, -0.15) is 0 Å². The van der Waals surface area contributed by atoms with Gasteiger partial charge in [-0.25, -0.2) is 0 Å². The lowest BCUT2D eigenvalue weighted by molar-refractivity contribution is -0.142. The average Bonchev–Trinajstić information content (AvgIpc) is 3.21. The maximum absolute atomic E-state index is 13.3. The first kappa shape index (κ1) is 20.5. The molecule has 2 amide bonds. The second-order valence-corrected chi connectivity index (χ2v) is 8.05. The van der Waals surface area contributed by atoms with Crippen molar-refractivity contribution in [2.75, 3.05) is 33.9 Å². The van der Waals surface area contributed by atoms with Crippen molar-refractivity contribution < 1.29 is 19.1 Å². The molecule has 1 aromatic rings. The van der Waals surface area contributed by atoms with Crippen LogP contribution in [0.2, 0.25) is 0 Å². The summed E-state index contributed by atoms with van der Waals surface area (Å²) >= 11 is 0. The Morgan fingerprint density at radius 3 is 2.36 bits per heavy atom. The normalized spacial score (nSPS) is 20.5. The third-order valence-corrected chi connectivity index (χ3v) is 5.98. The molecule has 0 aliphatic carbocycles. The molecule has 6 nitrogen and oxygen atoms in total. The molecule has 1 atom stereocenters. The van der Waals surface area contributed by atoms with Crippen LogP contribution in [0.4, 0.5) is 0 Å². The fourth-order valence-electron chi connectivity index (χ4n) is 4.40. The summed E-state index contributed by atoms with van der Waals surface area (Å²) in [6, 6.07) is 5.79. The summed E-state index contributed by atoms with van der Waals surface area (Å²) in [5, 5.41) is 0. The molecule has 2 heterocycles. The van der Waals surface area contributed by atoms with E-state index in [1.807, 2.05) is 41.8 Å². The summed E-state index contributed by atoms with van der Waals surface area (Å²) < 4.78 is 10.9. The Hall–Kier alpha value is -2.24. The molecule has 6 heteroatoms. The number of nitrogens with zero attached hydrogens (tertiary/aromatic N) is 2. The van der Waals surface area contributed by atoms with Crippen molar-refractivity contribution in [2.45, 2.75) is 45.6 Å². The van der Waals surface area contributed by atoms with E-state index in [-0.39, 0.29) is 29.7 Å². The van der Waals surface area contributed by atoms with Gasteiger partial charge in [0, 0.05) is 37.0 Å². The van der Waals surface area contributed by atoms with Gasteiger partial charge >= 0.3 is 0 Å². The lowest BCUT2D eigenvalue weighted by Crippen LogP contribution is -2.45. The van der Waals surface area contributed by atoms with Crippen LogP contribution in [0.15, 0.2) is 18.2 Å². The molecule has 1 aromatic carbocycles. The Morgan fingerprint density at radius 1 is 1.04 bits per heavy atom. The number of methoxy groups -OCH3 is 2. The van der Waals surface area contributed by atoms with Gasteiger partial charge in [0.2, 0.25) is 11.8 Å². The molecule has 154 valence electrons. The van der Waals surface area contributed by atoms with Crippen LogP contribution in [-0.2, 0) is 9.59 Å². The topological polar surface area (TPSA) is 59.1 Å². The van der Waals surface area contributed by atoms with Crippen molar-refractivity contribution >= 4 is 11.8 Å². The number of ether oxygens (including phenoxy) is 2. The second kappa shape index (κ2) is 8.84. The van der Waals surface area contributed by atoms with Gasteiger partial charge in [0.25, 0.3) is 0 Å². The van der Waals surface area contributed by atoms with Gasteiger partial charge in [-0.05, 0) is 43.9 Å². The van der Waals surface area contributed by atoms with Crippen LogP contribution in [0.5, 0.6) is 11.5 Å². The standard InChI is InChI=1S/C22H32N2O4/c1-15(2)21(25)23-12-9-16(10-13-23)22(26)24-11-5-6-19(24)18-14-17(27-3)7-8-20(18)28-4/h7-8,14-16,19H,5-6,9-13H2,1-4H3. The van der Waals surface area contributed by atoms with Crippen LogP contribution in [0.25, 0.3) is 0 Å². The molecule has 0 spiro atoms. The van der Waals surface area contributed by atoms with E-state index in [0.29, 0.717) is 13.1 Å². The van der Waals surface area contributed by atoms with Crippen LogP contribution >= 0.6 is 0 Å². The Balaban J connectivity index is 1.72. The molecule has 0 aromatic heterocycles. The number of amides is 2. The summed E-state index contributed by atoms with van der Waals surface area (Å²) in [6.45, 7) is 5.98. The summed E-state index contributed by atoms with van der Waals surface area (Å²) in [5.74, 6) is 1.97. The van der Waals surface area contributed by atoms with Gasteiger partial charge in [-0.15, -0.1) is 0 Å². The predicted octanol–water partition coefficient (Wildman–Crippen LogP) is 3.26. The Morgan fingerprint density at radius 2 is 1.75 bits per heavy atom. The van der Waals surface area contributed by atoms with Gasteiger partial charge in [-0.1, -0.05) is 13.8 Å². The number of benzene rings is 1. The maximum atomic E-state index is 13.3. The molecule has 0 saturated carbocycles. The van der Waals surface area contributed by atoms with Crippen LogP contribution in [0.1, 0.15) is 51.1 Å². The fourth-order valence-corrected chi connectivity index (χ4v) is 4.40. The van der Waals surface area contributed by atoms with Gasteiger partial charge < -0.3 is 19.3 Å². The van der Waals surface area contributed by atoms with Gasteiger partial charge in [0.05, 0.1) is 20.3 Å². The van der Waals surface area contributed by atoms with Crippen molar-refractivity contribution in [3.63, 3.8) is 0 Å². The third kappa shape index (κ3) is 4.10. The molecular formula is C22H32N2O4. The van der Waals surface area contributed by atoms with Gasteiger partial charge in [-0.3, -0.25) is 9.59 Å². The number of hydrogen-bond donors (Lipinski definition) is 0. The smallest absolute Gasteiger partial charge is 0.226 e. The molecule has 1 unspecified atom stereocenters. The zero-order valence-electron chi connectivity index (χ0n) is 17.4. The van der Waals surface area contributed by atoms with E-state index in [9.17, 15) is 9.59 Å². The van der Waals surface area contributed by atoms with Crippen LogP contribution in [0.3, 0.4) is 0 Å². The number of piperidine rings is 1. The number of carbonyl (C=O) groups excluding carboxylic acids is 2. The molecular weight excluding hydrogens is 356 g/mol. The molecule has 2 saturated heterocycles. The number of likely N-dealkylation sites (tertiary alicyclic amines) is 2. The Labute approximate surface area is 167 Å². The molecule has 2 aliphatic heterocycles. The first-order valence-electron chi connectivity index (χ1n) is 10.3. The van der Waals surface area contributed by atoms with Gasteiger partial charge in [0.1, 0.15) is 11.5 Å². The van der Waals surface area contributed by atoms with E-state index < -0.39 is 0 Å². The predicted molar refractivity (Wildman–Crippen MR) is 107 cm³/mol.